The number of nitrogens with one attached hydrogen (secondary N) is 1. The molecule has 8 heteroatoms. The highest BCUT2D eigenvalue weighted by Crippen LogP contribution is 2.32. The van der Waals surface area contributed by atoms with Crippen molar-refractivity contribution < 1.29 is 22.4 Å². The number of anilines is 1. The molecule has 0 radical (unpaired) electrons. The molecule has 1 fully saturated rings. The number of benzene rings is 2. The van der Waals surface area contributed by atoms with Crippen LogP contribution in [0.5, 0.6) is 0 Å². The molecule has 1 amide bonds. The Bertz CT molecular complexity index is 846. The van der Waals surface area contributed by atoms with Crippen LogP contribution < -0.4 is 10.2 Å². The molecule has 4 nitrogen and oxygen atoms in total. The highest BCUT2D eigenvalue weighted by atomic mass is 19.4. The molecule has 150 valence electrons. The minimum atomic E-state index is -4.85. The zero-order valence-electron chi connectivity index (χ0n) is 15.4. The van der Waals surface area contributed by atoms with Gasteiger partial charge in [0.05, 0.1) is 5.56 Å². The summed E-state index contributed by atoms with van der Waals surface area (Å²) in [6, 6.07) is 9.85. The summed E-state index contributed by atoms with van der Waals surface area (Å²) in [5.74, 6) is -2.08. The van der Waals surface area contributed by atoms with Gasteiger partial charge in [-0.1, -0.05) is 18.2 Å². The Balaban J connectivity index is 1.72. The van der Waals surface area contributed by atoms with Crippen LogP contribution in [-0.4, -0.2) is 44.0 Å². The molecule has 3 rings (SSSR count). The Kier molecular flexibility index (Phi) is 5.88. The van der Waals surface area contributed by atoms with Gasteiger partial charge < -0.3 is 15.1 Å². The predicted molar refractivity (Wildman–Crippen MR) is 98.7 cm³/mol. The Hall–Kier alpha value is -2.61. The highest BCUT2D eigenvalue weighted by molar-refractivity contribution is 5.94. The molecule has 28 heavy (non-hydrogen) atoms. The van der Waals surface area contributed by atoms with E-state index in [4.69, 9.17) is 0 Å². The van der Waals surface area contributed by atoms with Crippen molar-refractivity contribution in [3.63, 3.8) is 0 Å². The van der Waals surface area contributed by atoms with E-state index in [2.05, 4.69) is 22.2 Å². The first-order valence-corrected chi connectivity index (χ1v) is 8.92. The molecule has 2 aromatic rings. The summed E-state index contributed by atoms with van der Waals surface area (Å²) in [6.07, 6.45) is -4.85. The van der Waals surface area contributed by atoms with Crippen molar-refractivity contribution in [2.75, 3.05) is 38.1 Å². The van der Waals surface area contributed by atoms with E-state index in [1.165, 1.54) is 0 Å². The molecule has 0 aliphatic carbocycles. The van der Waals surface area contributed by atoms with E-state index in [0.29, 0.717) is 12.1 Å². The molecule has 1 saturated heterocycles. The van der Waals surface area contributed by atoms with Gasteiger partial charge in [-0.25, -0.2) is 4.39 Å². The lowest BCUT2D eigenvalue weighted by Crippen LogP contribution is -2.45. The lowest BCUT2D eigenvalue weighted by Gasteiger charge is -2.35. The molecule has 1 heterocycles. The van der Waals surface area contributed by atoms with Gasteiger partial charge in [0.2, 0.25) is 0 Å². The van der Waals surface area contributed by atoms with E-state index in [-0.39, 0.29) is 12.1 Å². The molecule has 0 aromatic heterocycles. The van der Waals surface area contributed by atoms with Gasteiger partial charge in [-0.15, -0.1) is 0 Å². The fourth-order valence-electron chi connectivity index (χ4n) is 3.18. The van der Waals surface area contributed by atoms with Crippen molar-refractivity contribution in [1.82, 2.24) is 10.2 Å². The normalized spacial score (nSPS) is 15.5. The topological polar surface area (TPSA) is 35.6 Å². The fraction of sp³-hybridized carbons (Fsp3) is 0.350. The summed E-state index contributed by atoms with van der Waals surface area (Å²) in [5.41, 5.74) is 0.188. The number of nitrogens with zero attached hydrogens (tertiary/aromatic N) is 2. The maximum atomic E-state index is 13.4. The summed E-state index contributed by atoms with van der Waals surface area (Å²) in [6.45, 7) is 3.73. The van der Waals surface area contributed by atoms with E-state index in [1.54, 1.807) is 0 Å². The average Bonchev–Trinajstić information content (AvgIpc) is 2.66. The largest absolute Gasteiger partial charge is 0.419 e. The quantitative estimate of drug-likeness (QED) is 0.805. The summed E-state index contributed by atoms with van der Waals surface area (Å²) in [7, 11) is 2.06. The van der Waals surface area contributed by atoms with Gasteiger partial charge in [-0.2, -0.15) is 13.2 Å². The lowest BCUT2D eigenvalue weighted by atomic mass is 10.1. The molecule has 2 aromatic carbocycles. The van der Waals surface area contributed by atoms with Gasteiger partial charge >= 0.3 is 6.18 Å². The first-order chi connectivity index (χ1) is 13.3. The summed E-state index contributed by atoms with van der Waals surface area (Å²) < 4.78 is 52.0. The number of hydrogen-bond donors (Lipinski definition) is 1. The van der Waals surface area contributed by atoms with Crippen molar-refractivity contribution in [2.45, 2.75) is 12.7 Å². The third-order valence-corrected chi connectivity index (χ3v) is 4.81. The number of piperazine rings is 1. The van der Waals surface area contributed by atoms with Gasteiger partial charge in [-0.3, -0.25) is 4.79 Å². The minimum absolute atomic E-state index is 0.167. The number of halogens is 4. The molecule has 0 spiro atoms. The van der Waals surface area contributed by atoms with Crippen molar-refractivity contribution >= 4 is 11.6 Å². The van der Waals surface area contributed by atoms with Crippen LogP contribution in [-0.2, 0) is 12.7 Å². The fourth-order valence-corrected chi connectivity index (χ4v) is 3.18. The zero-order chi connectivity index (χ0) is 20.3. The zero-order valence-corrected chi connectivity index (χ0v) is 15.4. The van der Waals surface area contributed by atoms with Crippen LogP contribution in [0.4, 0.5) is 23.2 Å². The number of hydrogen-bond acceptors (Lipinski definition) is 3. The number of rotatable bonds is 4. The van der Waals surface area contributed by atoms with Crippen LogP contribution in [0.2, 0.25) is 0 Å². The SMILES string of the molecule is CN1CCN(c2ccccc2CNC(=O)c2ccc(F)c(C(F)(F)F)c2)CC1. The maximum absolute atomic E-state index is 13.4. The van der Waals surface area contributed by atoms with E-state index in [9.17, 15) is 22.4 Å². The highest BCUT2D eigenvalue weighted by Gasteiger charge is 2.34. The standard InChI is InChI=1S/C20H21F4N3O/c1-26-8-10-27(11-9-26)18-5-3-2-4-15(18)13-25-19(28)14-6-7-17(21)16(12-14)20(22,23)24/h2-7,12H,8-11,13H2,1H3,(H,25,28). The molecule has 0 atom stereocenters. The molecular formula is C20H21F4N3O. The van der Waals surface area contributed by atoms with Gasteiger partial charge in [0, 0.05) is 44.0 Å². The first-order valence-electron chi connectivity index (χ1n) is 8.92. The van der Waals surface area contributed by atoms with E-state index < -0.39 is 23.5 Å². The number of alkyl halides is 3. The number of para-hydroxylation sites is 1. The molecule has 0 bridgehead atoms. The van der Waals surface area contributed by atoms with E-state index in [0.717, 1.165) is 43.5 Å². The van der Waals surface area contributed by atoms with E-state index >= 15 is 0 Å². The van der Waals surface area contributed by atoms with E-state index in [1.807, 2.05) is 24.3 Å². The molecule has 1 aliphatic heterocycles. The van der Waals surface area contributed by atoms with Crippen LogP contribution in [0.15, 0.2) is 42.5 Å². The lowest BCUT2D eigenvalue weighted by molar-refractivity contribution is -0.140. The van der Waals surface area contributed by atoms with Crippen LogP contribution in [0.1, 0.15) is 21.5 Å². The van der Waals surface area contributed by atoms with Crippen LogP contribution in [0.3, 0.4) is 0 Å². The summed E-state index contributed by atoms with van der Waals surface area (Å²) in [5, 5.41) is 2.64. The Morgan fingerprint density at radius 1 is 1.07 bits per heavy atom. The summed E-state index contributed by atoms with van der Waals surface area (Å²) >= 11 is 0. The second kappa shape index (κ2) is 8.18. The third kappa shape index (κ3) is 4.62. The van der Waals surface area contributed by atoms with Crippen molar-refractivity contribution in [1.29, 1.82) is 0 Å². The van der Waals surface area contributed by atoms with Gasteiger partial charge in [0.1, 0.15) is 5.82 Å². The number of amides is 1. The third-order valence-electron chi connectivity index (χ3n) is 4.81. The van der Waals surface area contributed by atoms with Crippen LogP contribution in [0, 0.1) is 5.82 Å². The van der Waals surface area contributed by atoms with Crippen molar-refractivity contribution in [2.24, 2.45) is 0 Å². The molecule has 1 N–H and O–H groups in total. The second-order valence-corrected chi connectivity index (χ2v) is 6.79. The Labute approximate surface area is 160 Å². The number of likely N-dealkylation sites (N-methyl/N-ethyl adjacent to an activating group) is 1. The Morgan fingerprint density at radius 3 is 2.43 bits per heavy atom. The molecular weight excluding hydrogens is 374 g/mol. The molecule has 0 unspecified atom stereocenters. The second-order valence-electron chi connectivity index (χ2n) is 6.79. The predicted octanol–water partition coefficient (Wildman–Crippen LogP) is 3.53. The van der Waals surface area contributed by atoms with Crippen LogP contribution >= 0.6 is 0 Å². The molecule has 1 aliphatic rings. The Morgan fingerprint density at radius 2 is 1.75 bits per heavy atom. The molecule has 0 saturated carbocycles. The maximum Gasteiger partial charge on any atom is 0.419 e. The first kappa shape index (κ1) is 20.1. The number of carbonyl (C=O) groups is 1. The van der Waals surface area contributed by atoms with Gasteiger partial charge in [0.15, 0.2) is 0 Å². The smallest absolute Gasteiger partial charge is 0.369 e. The van der Waals surface area contributed by atoms with Crippen molar-refractivity contribution in [3.8, 4) is 0 Å². The van der Waals surface area contributed by atoms with Gasteiger partial charge in [-0.05, 0) is 36.9 Å². The minimum Gasteiger partial charge on any atom is -0.369 e. The monoisotopic (exact) mass is 395 g/mol. The average molecular weight is 395 g/mol. The van der Waals surface area contributed by atoms with Crippen LogP contribution in [0.25, 0.3) is 0 Å². The van der Waals surface area contributed by atoms with Gasteiger partial charge in [0.25, 0.3) is 5.91 Å². The summed E-state index contributed by atoms with van der Waals surface area (Å²) in [4.78, 5) is 16.8. The number of carbonyl (C=O) groups excluding carboxylic acids is 1. The van der Waals surface area contributed by atoms with Crippen molar-refractivity contribution in [3.05, 3.63) is 65.0 Å².